The molecule has 1 aliphatic heterocycles. The molecule has 2 N–H and O–H groups in total. The molecule has 17 heavy (non-hydrogen) atoms. The van der Waals surface area contributed by atoms with Crippen LogP contribution in [0.3, 0.4) is 0 Å². The topological polar surface area (TPSA) is 26.0 Å². The molecule has 1 saturated heterocycles. The molecule has 0 aromatic heterocycles. The van der Waals surface area contributed by atoms with Gasteiger partial charge in [0.1, 0.15) is 0 Å². The second-order valence-electron chi connectivity index (χ2n) is 5.51. The number of benzene rings is 1. The first kappa shape index (κ1) is 11.6. The molecule has 2 aliphatic rings. The minimum absolute atomic E-state index is 0.302. The lowest BCUT2D eigenvalue weighted by Gasteiger charge is -2.35. The maximum atomic E-state index is 6.12. The highest BCUT2D eigenvalue weighted by Crippen LogP contribution is 2.45. The molecule has 0 radical (unpaired) electrons. The summed E-state index contributed by atoms with van der Waals surface area (Å²) in [5, 5.41) is 0. The Hall–Kier alpha value is -0.470. The third-order valence-corrected chi connectivity index (χ3v) is 5.84. The van der Waals surface area contributed by atoms with Crippen LogP contribution in [0.15, 0.2) is 24.3 Å². The van der Waals surface area contributed by atoms with Crippen LogP contribution in [-0.2, 0) is 5.41 Å². The van der Waals surface area contributed by atoms with Crippen LogP contribution in [0.5, 0.6) is 0 Å². The molecule has 1 heterocycles. The maximum absolute atomic E-state index is 6.12. The zero-order valence-electron chi connectivity index (χ0n) is 10.3. The molecule has 1 nitrogen and oxygen atoms in total. The minimum Gasteiger partial charge on any atom is -0.330 e. The lowest BCUT2D eigenvalue weighted by atomic mass is 9.75. The second kappa shape index (κ2) is 4.66. The molecule has 1 aromatic carbocycles. The van der Waals surface area contributed by atoms with E-state index in [-0.39, 0.29) is 0 Å². The van der Waals surface area contributed by atoms with E-state index in [2.05, 4.69) is 36.0 Å². The van der Waals surface area contributed by atoms with Gasteiger partial charge in [-0.1, -0.05) is 37.1 Å². The van der Waals surface area contributed by atoms with E-state index in [4.69, 9.17) is 5.73 Å². The van der Waals surface area contributed by atoms with Gasteiger partial charge in [0.25, 0.3) is 0 Å². The van der Waals surface area contributed by atoms with Gasteiger partial charge in [0.2, 0.25) is 0 Å². The summed E-state index contributed by atoms with van der Waals surface area (Å²) >= 11 is 2.07. The first-order chi connectivity index (χ1) is 8.36. The SMILES string of the molecule is NCC1(c2ccccc2C2CSC2)CCCC1. The second-order valence-corrected chi connectivity index (χ2v) is 6.59. The fourth-order valence-corrected chi connectivity index (χ4v) is 4.22. The van der Waals surface area contributed by atoms with Crippen LogP contribution in [-0.4, -0.2) is 18.1 Å². The van der Waals surface area contributed by atoms with Gasteiger partial charge in [-0.2, -0.15) is 11.8 Å². The Morgan fingerprint density at radius 3 is 2.47 bits per heavy atom. The summed E-state index contributed by atoms with van der Waals surface area (Å²) in [7, 11) is 0. The monoisotopic (exact) mass is 247 g/mol. The van der Waals surface area contributed by atoms with Gasteiger partial charge in [0, 0.05) is 29.4 Å². The van der Waals surface area contributed by atoms with Crippen molar-refractivity contribution in [2.24, 2.45) is 5.73 Å². The standard InChI is InChI=1S/C15H21NS/c16-11-15(7-3-4-8-15)14-6-2-1-5-13(14)12-9-17-10-12/h1-2,5-6,12H,3-4,7-11,16H2. The van der Waals surface area contributed by atoms with E-state index < -0.39 is 0 Å². The number of thioether (sulfide) groups is 1. The average Bonchev–Trinajstić information content (AvgIpc) is 2.77. The van der Waals surface area contributed by atoms with E-state index in [0.29, 0.717) is 5.41 Å². The summed E-state index contributed by atoms with van der Waals surface area (Å²) in [4.78, 5) is 0. The lowest BCUT2D eigenvalue weighted by Crippen LogP contribution is -2.34. The minimum atomic E-state index is 0.302. The van der Waals surface area contributed by atoms with Crippen LogP contribution in [0, 0.1) is 0 Å². The summed E-state index contributed by atoms with van der Waals surface area (Å²) in [5.74, 6) is 3.40. The molecule has 1 aromatic rings. The van der Waals surface area contributed by atoms with Crippen LogP contribution in [0.4, 0.5) is 0 Å². The zero-order valence-corrected chi connectivity index (χ0v) is 11.1. The summed E-state index contributed by atoms with van der Waals surface area (Å²) in [6.07, 6.45) is 5.29. The Kier molecular flexibility index (Phi) is 3.18. The highest BCUT2D eigenvalue weighted by Gasteiger charge is 2.37. The van der Waals surface area contributed by atoms with Crippen molar-refractivity contribution in [1.29, 1.82) is 0 Å². The molecule has 0 spiro atoms. The van der Waals surface area contributed by atoms with Gasteiger partial charge < -0.3 is 5.73 Å². The molecule has 0 atom stereocenters. The summed E-state index contributed by atoms with van der Waals surface area (Å²) in [6, 6.07) is 9.08. The Morgan fingerprint density at radius 2 is 1.88 bits per heavy atom. The summed E-state index contributed by atoms with van der Waals surface area (Å²) in [6.45, 7) is 0.823. The molecule has 0 amide bonds. The first-order valence-electron chi connectivity index (χ1n) is 6.73. The van der Waals surface area contributed by atoms with E-state index in [0.717, 1.165) is 12.5 Å². The van der Waals surface area contributed by atoms with Crippen molar-refractivity contribution < 1.29 is 0 Å². The van der Waals surface area contributed by atoms with Crippen LogP contribution in [0.25, 0.3) is 0 Å². The van der Waals surface area contributed by atoms with Crippen molar-refractivity contribution in [3.05, 3.63) is 35.4 Å². The van der Waals surface area contributed by atoms with Crippen molar-refractivity contribution in [3.8, 4) is 0 Å². The van der Waals surface area contributed by atoms with Crippen molar-refractivity contribution in [2.45, 2.75) is 37.0 Å². The number of hydrogen-bond acceptors (Lipinski definition) is 2. The van der Waals surface area contributed by atoms with Crippen LogP contribution in [0.1, 0.15) is 42.7 Å². The summed E-state index contributed by atoms with van der Waals surface area (Å²) < 4.78 is 0. The molecule has 0 unspecified atom stereocenters. The fourth-order valence-electron chi connectivity index (χ4n) is 3.39. The zero-order chi connectivity index (χ0) is 11.7. The molecule has 1 aliphatic carbocycles. The Labute approximate surface area is 108 Å². The third kappa shape index (κ3) is 1.92. The van der Waals surface area contributed by atoms with Crippen LogP contribution >= 0.6 is 11.8 Å². The first-order valence-corrected chi connectivity index (χ1v) is 7.88. The smallest absolute Gasteiger partial charge is 0.00784 e. The maximum Gasteiger partial charge on any atom is 0.00784 e. The fraction of sp³-hybridized carbons (Fsp3) is 0.600. The quantitative estimate of drug-likeness (QED) is 0.887. The molecule has 92 valence electrons. The van der Waals surface area contributed by atoms with Gasteiger partial charge in [0.15, 0.2) is 0 Å². The Bertz CT molecular complexity index is 392. The van der Waals surface area contributed by atoms with Crippen molar-refractivity contribution in [3.63, 3.8) is 0 Å². The third-order valence-electron chi connectivity index (χ3n) is 4.56. The lowest BCUT2D eigenvalue weighted by molar-refractivity contribution is 0.447. The predicted octanol–water partition coefficient (Wildman–Crippen LogP) is 3.29. The van der Waals surface area contributed by atoms with Crippen molar-refractivity contribution >= 4 is 11.8 Å². The highest BCUT2D eigenvalue weighted by atomic mass is 32.2. The van der Waals surface area contributed by atoms with Gasteiger partial charge in [-0.25, -0.2) is 0 Å². The molecular weight excluding hydrogens is 226 g/mol. The molecule has 3 rings (SSSR count). The average molecular weight is 247 g/mol. The molecular formula is C15H21NS. The molecule has 2 heteroatoms. The van der Waals surface area contributed by atoms with E-state index in [1.807, 2.05) is 0 Å². The number of nitrogens with two attached hydrogens (primary N) is 1. The molecule has 1 saturated carbocycles. The van der Waals surface area contributed by atoms with E-state index in [1.54, 1.807) is 11.1 Å². The van der Waals surface area contributed by atoms with Crippen molar-refractivity contribution in [2.75, 3.05) is 18.1 Å². The van der Waals surface area contributed by atoms with Crippen LogP contribution in [0.2, 0.25) is 0 Å². The van der Waals surface area contributed by atoms with Gasteiger partial charge in [0.05, 0.1) is 0 Å². The Morgan fingerprint density at radius 1 is 1.18 bits per heavy atom. The van der Waals surface area contributed by atoms with Gasteiger partial charge >= 0.3 is 0 Å². The normalized spacial score (nSPS) is 23.6. The number of rotatable bonds is 3. The van der Waals surface area contributed by atoms with Gasteiger partial charge in [-0.15, -0.1) is 0 Å². The van der Waals surface area contributed by atoms with Gasteiger partial charge in [-0.05, 0) is 24.0 Å². The van der Waals surface area contributed by atoms with E-state index in [9.17, 15) is 0 Å². The van der Waals surface area contributed by atoms with E-state index >= 15 is 0 Å². The predicted molar refractivity (Wildman–Crippen MR) is 75.7 cm³/mol. The van der Waals surface area contributed by atoms with Crippen LogP contribution < -0.4 is 5.73 Å². The Balaban J connectivity index is 2.00. The summed E-state index contributed by atoms with van der Waals surface area (Å²) in [5.41, 5.74) is 9.60. The van der Waals surface area contributed by atoms with E-state index in [1.165, 1.54) is 37.2 Å². The van der Waals surface area contributed by atoms with Gasteiger partial charge in [-0.3, -0.25) is 0 Å². The molecule has 2 fully saturated rings. The molecule has 0 bridgehead atoms. The highest BCUT2D eigenvalue weighted by molar-refractivity contribution is 8.00. The number of hydrogen-bond donors (Lipinski definition) is 1. The van der Waals surface area contributed by atoms with Crippen molar-refractivity contribution in [1.82, 2.24) is 0 Å². The largest absolute Gasteiger partial charge is 0.330 e.